The fraction of sp³-hybridized carbons (Fsp3) is 0.200. The van der Waals surface area contributed by atoms with Gasteiger partial charge in [-0.3, -0.25) is 4.72 Å². The van der Waals surface area contributed by atoms with Gasteiger partial charge in [0.05, 0.1) is 24.4 Å². The Hall–Kier alpha value is -2.70. The molecule has 1 aromatic carbocycles. The summed E-state index contributed by atoms with van der Waals surface area (Å²) in [7, 11) is -3.34. The van der Waals surface area contributed by atoms with E-state index < -0.39 is 27.1 Å². The van der Waals surface area contributed by atoms with E-state index in [0.29, 0.717) is 0 Å². The van der Waals surface area contributed by atoms with Crippen molar-refractivity contribution in [2.75, 3.05) is 18.4 Å². The van der Waals surface area contributed by atoms with Crippen molar-refractivity contribution in [3.8, 4) is 6.01 Å². The van der Waals surface area contributed by atoms with Crippen LogP contribution < -0.4 is 9.46 Å². The van der Waals surface area contributed by atoms with E-state index >= 15 is 0 Å². The van der Waals surface area contributed by atoms with Gasteiger partial charge in [-0.05, 0) is 19.1 Å². The second kappa shape index (κ2) is 7.97. The third kappa shape index (κ3) is 4.18. The highest BCUT2D eigenvalue weighted by Crippen LogP contribution is 2.31. The summed E-state index contributed by atoms with van der Waals surface area (Å²) in [6, 6.07) is 3.02. The Morgan fingerprint density at radius 3 is 2.66 bits per heavy atom. The molecule has 0 atom stereocenters. The van der Waals surface area contributed by atoms with Crippen LogP contribution in [0.15, 0.2) is 23.4 Å². The van der Waals surface area contributed by atoms with Crippen molar-refractivity contribution >= 4 is 50.5 Å². The maximum Gasteiger partial charge on any atom is 0.341 e. The van der Waals surface area contributed by atoms with Gasteiger partial charge >= 0.3 is 12.0 Å². The Morgan fingerprint density at radius 1 is 1.28 bits per heavy atom. The number of methoxy groups -OCH3 is 1. The molecule has 0 amide bonds. The first-order chi connectivity index (χ1) is 13.7. The number of benzene rings is 1. The highest BCUT2D eigenvalue weighted by atomic mass is 35.5. The van der Waals surface area contributed by atoms with Gasteiger partial charge in [-0.25, -0.2) is 4.79 Å². The van der Waals surface area contributed by atoms with Crippen LogP contribution in [0.25, 0.3) is 5.65 Å². The summed E-state index contributed by atoms with van der Waals surface area (Å²) in [5, 5.41) is 3.01. The van der Waals surface area contributed by atoms with E-state index in [0.717, 1.165) is 17.7 Å². The highest BCUT2D eigenvalue weighted by Gasteiger charge is 2.27. The van der Waals surface area contributed by atoms with E-state index in [1.165, 1.54) is 12.1 Å². The molecule has 0 unspecified atom stereocenters. The molecule has 0 bridgehead atoms. The molecule has 154 valence electrons. The Bertz CT molecular complexity index is 1220. The number of carbonyl (C=O) groups excluding carboxylic acids is 1. The zero-order valence-corrected chi connectivity index (χ0v) is 17.1. The number of sulfonamides is 1. The fourth-order valence-corrected chi connectivity index (χ4v) is 3.82. The molecule has 14 heteroatoms. The zero-order valence-electron chi connectivity index (χ0n) is 14.8. The number of nitrogens with one attached hydrogen (secondary N) is 1. The van der Waals surface area contributed by atoms with Crippen LogP contribution in [0.1, 0.15) is 17.3 Å². The molecule has 0 aliphatic rings. The number of ether oxygens (including phenoxy) is 2. The molecular weight excluding hydrogens is 452 g/mol. The number of rotatable bonds is 6. The number of fused-ring (bicyclic) bond motifs is 1. The molecule has 0 saturated heterocycles. The van der Waals surface area contributed by atoms with E-state index in [1.807, 2.05) is 0 Å². The van der Waals surface area contributed by atoms with E-state index in [4.69, 9.17) is 27.9 Å². The van der Waals surface area contributed by atoms with Crippen molar-refractivity contribution in [1.29, 1.82) is 0 Å². The monoisotopic (exact) mass is 463 g/mol. The lowest BCUT2D eigenvalue weighted by molar-refractivity contribution is 0.0602. The van der Waals surface area contributed by atoms with E-state index in [9.17, 15) is 17.6 Å². The van der Waals surface area contributed by atoms with Crippen molar-refractivity contribution < 1.29 is 27.1 Å². The van der Waals surface area contributed by atoms with Crippen molar-refractivity contribution in [1.82, 2.24) is 19.6 Å². The van der Waals surface area contributed by atoms with Gasteiger partial charge in [0.1, 0.15) is 5.56 Å². The molecular formula is C15H12Cl2FN5O5S. The molecule has 3 rings (SSSR count). The Labute approximate surface area is 173 Å². The molecule has 2 heterocycles. The van der Waals surface area contributed by atoms with Crippen LogP contribution in [-0.2, 0) is 14.8 Å². The van der Waals surface area contributed by atoms with Crippen LogP contribution in [0.3, 0.4) is 0 Å². The van der Waals surface area contributed by atoms with Gasteiger partial charge in [0.25, 0.3) is 15.2 Å². The molecule has 0 spiro atoms. The fourth-order valence-electron chi connectivity index (χ4n) is 2.31. The first-order valence-corrected chi connectivity index (χ1v) is 10.1. The average molecular weight is 464 g/mol. The van der Waals surface area contributed by atoms with Crippen LogP contribution in [0.5, 0.6) is 6.01 Å². The number of nitrogens with zero attached hydrogens (tertiary/aromatic N) is 4. The molecule has 3 aromatic rings. The maximum atomic E-state index is 13.6. The van der Waals surface area contributed by atoms with Gasteiger partial charge in [-0.15, -0.1) is 5.10 Å². The minimum atomic E-state index is -4.44. The van der Waals surface area contributed by atoms with Gasteiger partial charge < -0.3 is 9.47 Å². The summed E-state index contributed by atoms with van der Waals surface area (Å²) >= 11 is 11.9. The van der Waals surface area contributed by atoms with Gasteiger partial charge in [0, 0.05) is 11.1 Å². The van der Waals surface area contributed by atoms with Crippen LogP contribution in [0.4, 0.5) is 10.1 Å². The molecule has 2 aromatic heterocycles. The van der Waals surface area contributed by atoms with Gasteiger partial charge in [-0.2, -0.15) is 27.3 Å². The highest BCUT2D eigenvalue weighted by molar-refractivity contribution is 7.92. The summed E-state index contributed by atoms with van der Waals surface area (Å²) in [5.41, 5.74) is -0.658. The average Bonchev–Trinajstić information content (AvgIpc) is 3.05. The van der Waals surface area contributed by atoms with Crippen molar-refractivity contribution in [2.45, 2.75) is 12.1 Å². The number of carbonyl (C=O) groups is 1. The lowest BCUT2D eigenvalue weighted by Gasteiger charge is -2.11. The molecule has 0 fully saturated rings. The molecule has 0 aliphatic heterocycles. The maximum absolute atomic E-state index is 13.6. The molecule has 0 radical (unpaired) electrons. The zero-order chi connectivity index (χ0) is 21.3. The van der Waals surface area contributed by atoms with E-state index in [2.05, 4.69) is 24.5 Å². The Morgan fingerprint density at radius 2 is 2.00 bits per heavy atom. The second-order valence-electron chi connectivity index (χ2n) is 5.37. The van der Waals surface area contributed by atoms with E-state index in [1.54, 1.807) is 6.92 Å². The third-order valence-electron chi connectivity index (χ3n) is 3.45. The number of esters is 1. The van der Waals surface area contributed by atoms with Crippen LogP contribution in [0.2, 0.25) is 10.0 Å². The molecule has 29 heavy (non-hydrogen) atoms. The third-order valence-corrected chi connectivity index (χ3v) is 5.11. The predicted molar refractivity (Wildman–Crippen MR) is 101 cm³/mol. The van der Waals surface area contributed by atoms with Gasteiger partial charge in [0.15, 0.2) is 5.65 Å². The molecule has 10 nitrogen and oxygen atoms in total. The predicted octanol–water partition coefficient (Wildman–Crippen LogP) is 2.56. The number of hydrogen-bond donors (Lipinski definition) is 1. The van der Waals surface area contributed by atoms with Crippen LogP contribution in [0, 0.1) is 5.95 Å². The summed E-state index contributed by atoms with van der Waals surface area (Å²) < 4.78 is 52.0. The molecule has 1 N–H and O–H groups in total. The minimum Gasteiger partial charge on any atom is -0.465 e. The summed E-state index contributed by atoms with van der Waals surface area (Å²) in [6.45, 7) is 1.76. The summed E-state index contributed by atoms with van der Waals surface area (Å²) in [5.74, 6) is -1.82. The second-order valence-corrected chi connectivity index (χ2v) is 7.79. The normalized spacial score (nSPS) is 11.5. The van der Waals surface area contributed by atoms with Crippen LogP contribution >= 0.6 is 23.2 Å². The minimum absolute atomic E-state index is 0.0632. The Balaban J connectivity index is 2.10. The quantitative estimate of drug-likeness (QED) is 0.436. The molecule has 0 saturated carbocycles. The van der Waals surface area contributed by atoms with Crippen molar-refractivity contribution in [3.63, 3.8) is 0 Å². The van der Waals surface area contributed by atoms with Gasteiger partial charge in [0.2, 0.25) is 5.95 Å². The number of hydrogen-bond acceptors (Lipinski definition) is 8. The largest absolute Gasteiger partial charge is 0.465 e. The SMILES string of the molecule is CCOc1nc(F)cc2nc(S(=O)(=O)Nc3cc(Cl)cc(Cl)c3C(=O)OC)nn12. The lowest BCUT2D eigenvalue weighted by atomic mass is 10.2. The number of aromatic nitrogens is 4. The van der Waals surface area contributed by atoms with E-state index in [-0.39, 0.29) is 39.6 Å². The first-order valence-electron chi connectivity index (χ1n) is 7.82. The van der Waals surface area contributed by atoms with Crippen molar-refractivity contribution in [3.05, 3.63) is 39.8 Å². The van der Waals surface area contributed by atoms with Gasteiger partial charge in [-0.1, -0.05) is 23.2 Å². The topological polar surface area (TPSA) is 125 Å². The summed E-state index contributed by atoms with van der Waals surface area (Å²) in [6.07, 6.45) is 0. The number of halogens is 3. The Kier molecular flexibility index (Phi) is 5.78. The summed E-state index contributed by atoms with van der Waals surface area (Å²) in [4.78, 5) is 19.3. The first kappa shape index (κ1) is 21.0. The van der Waals surface area contributed by atoms with Crippen LogP contribution in [-0.4, -0.2) is 47.7 Å². The molecule has 0 aliphatic carbocycles. The lowest BCUT2D eigenvalue weighted by Crippen LogP contribution is -2.18. The standard InChI is InChI=1S/C15H12Cl2FN5O5S/c1-3-28-15-19-10(18)6-11-20-14(21-23(11)15)29(25,26)22-9-5-7(16)4-8(17)12(9)13(24)27-2/h4-6,22H,3H2,1-2H3. The smallest absolute Gasteiger partial charge is 0.341 e. The van der Waals surface area contributed by atoms with Crippen molar-refractivity contribution in [2.24, 2.45) is 0 Å². The number of anilines is 1.